The number of hydrogen-bond acceptors (Lipinski definition) is 2. The Morgan fingerprint density at radius 3 is 2.36 bits per heavy atom. The van der Waals surface area contributed by atoms with Crippen LogP contribution >= 0.6 is 0 Å². The monoisotopic (exact) mass is 157 g/mol. The summed E-state index contributed by atoms with van der Waals surface area (Å²) in [7, 11) is 0. The van der Waals surface area contributed by atoms with Crippen LogP contribution < -0.4 is 5.73 Å². The lowest BCUT2D eigenvalue weighted by Gasteiger charge is -2.48. The zero-order valence-corrected chi connectivity index (χ0v) is 6.92. The maximum atomic E-state index is 10.1. The zero-order chi connectivity index (χ0) is 7.90. The SMILES string of the molecule is [NH3+]C[C@]1(O)CN2CCC1CC2. The predicted octanol–water partition coefficient (Wildman–Crippen LogP) is -1.31. The third kappa shape index (κ3) is 1.08. The molecule has 3 rings (SSSR count). The standard InChI is InChI=1S/C8H16N2O/c9-5-8(11)6-10-3-1-7(8)2-4-10/h7,11H,1-6,9H2/p+1/t8-/m0/s1. The maximum absolute atomic E-state index is 10.1. The minimum absolute atomic E-state index is 0.448. The first kappa shape index (κ1) is 7.53. The zero-order valence-electron chi connectivity index (χ0n) is 6.92. The van der Waals surface area contributed by atoms with Crippen molar-refractivity contribution in [2.45, 2.75) is 18.4 Å². The fourth-order valence-electron chi connectivity index (χ4n) is 2.43. The van der Waals surface area contributed by atoms with E-state index in [4.69, 9.17) is 0 Å². The molecular weight excluding hydrogens is 140 g/mol. The van der Waals surface area contributed by atoms with Crippen molar-refractivity contribution in [3.8, 4) is 0 Å². The van der Waals surface area contributed by atoms with Crippen LogP contribution in [0.2, 0.25) is 0 Å². The number of nitrogens with zero attached hydrogens (tertiary/aromatic N) is 1. The molecule has 1 atom stereocenters. The van der Waals surface area contributed by atoms with Crippen molar-refractivity contribution in [3.05, 3.63) is 0 Å². The Labute approximate surface area is 67.2 Å². The minimum Gasteiger partial charge on any atom is -0.382 e. The molecule has 0 aromatic carbocycles. The maximum Gasteiger partial charge on any atom is 0.129 e. The molecule has 4 N–H and O–H groups in total. The molecule has 64 valence electrons. The van der Waals surface area contributed by atoms with E-state index in [1.165, 1.54) is 25.9 Å². The summed E-state index contributed by atoms with van der Waals surface area (Å²) in [6.45, 7) is 3.91. The molecule has 3 heterocycles. The molecule has 11 heavy (non-hydrogen) atoms. The molecule has 0 unspecified atom stereocenters. The van der Waals surface area contributed by atoms with Gasteiger partial charge in [-0.3, -0.25) is 0 Å². The summed E-state index contributed by atoms with van der Waals surface area (Å²) >= 11 is 0. The van der Waals surface area contributed by atoms with Gasteiger partial charge in [-0.15, -0.1) is 0 Å². The quantitative estimate of drug-likeness (QED) is 0.496. The number of rotatable bonds is 1. The van der Waals surface area contributed by atoms with Gasteiger partial charge in [0.2, 0.25) is 0 Å². The highest BCUT2D eigenvalue weighted by Crippen LogP contribution is 2.34. The van der Waals surface area contributed by atoms with E-state index in [1.54, 1.807) is 0 Å². The van der Waals surface area contributed by atoms with Crippen molar-refractivity contribution in [1.82, 2.24) is 4.90 Å². The van der Waals surface area contributed by atoms with Crippen molar-refractivity contribution in [2.75, 3.05) is 26.2 Å². The van der Waals surface area contributed by atoms with Crippen LogP contribution in [0.15, 0.2) is 0 Å². The van der Waals surface area contributed by atoms with Crippen LogP contribution in [-0.4, -0.2) is 41.8 Å². The van der Waals surface area contributed by atoms with E-state index in [0.717, 1.165) is 6.54 Å². The van der Waals surface area contributed by atoms with E-state index >= 15 is 0 Å². The summed E-state index contributed by atoms with van der Waals surface area (Å²) in [5, 5.41) is 10.1. The van der Waals surface area contributed by atoms with Crippen molar-refractivity contribution in [3.63, 3.8) is 0 Å². The Morgan fingerprint density at radius 2 is 2.09 bits per heavy atom. The van der Waals surface area contributed by atoms with Crippen LogP contribution in [0.4, 0.5) is 0 Å². The molecule has 3 aliphatic rings. The normalized spacial score (nSPS) is 49.6. The highest BCUT2D eigenvalue weighted by atomic mass is 16.3. The van der Waals surface area contributed by atoms with Gasteiger partial charge in [0.25, 0.3) is 0 Å². The van der Waals surface area contributed by atoms with Crippen molar-refractivity contribution < 1.29 is 10.8 Å². The fraction of sp³-hybridized carbons (Fsp3) is 1.00. The minimum atomic E-state index is -0.448. The average molecular weight is 157 g/mol. The second-order valence-electron chi connectivity index (χ2n) is 3.90. The summed E-state index contributed by atoms with van der Waals surface area (Å²) in [6, 6.07) is 0. The molecule has 3 saturated heterocycles. The second-order valence-corrected chi connectivity index (χ2v) is 3.90. The molecule has 3 fully saturated rings. The van der Waals surface area contributed by atoms with E-state index < -0.39 is 5.60 Å². The number of fused-ring (bicyclic) bond motifs is 3. The highest BCUT2D eigenvalue weighted by Gasteiger charge is 2.45. The van der Waals surface area contributed by atoms with Crippen LogP contribution in [0.25, 0.3) is 0 Å². The average Bonchev–Trinajstić information content (AvgIpc) is 2.06. The van der Waals surface area contributed by atoms with E-state index in [0.29, 0.717) is 12.5 Å². The topological polar surface area (TPSA) is 51.1 Å². The number of hydrogen-bond donors (Lipinski definition) is 2. The summed E-state index contributed by atoms with van der Waals surface area (Å²) in [5.74, 6) is 0.532. The summed E-state index contributed by atoms with van der Waals surface area (Å²) in [6.07, 6.45) is 2.35. The molecule has 3 aliphatic heterocycles. The van der Waals surface area contributed by atoms with Crippen molar-refractivity contribution in [2.24, 2.45) is 5.92 Å². The van der Waals surface area contributed by atoms with Gasteiger partial charge in [0, 0.05) is 6.54 Å². The van der Waals surface area contributed by atoms with Crippen LogP contribution in [0, 0.1) is 5.92 Å². The third-order valence-corrected chi connectivity index (χ3v) is 3.28. The Hall–Kier alpha value is -0.120. The van der Waals surface area contributed by atoms with Gasteiger partial charge in [-0.1, -0.05) is 0 Å². The Balaban J connectivity index is 2.13. The van der Waals surface area contributed by atoms with Crippen LogP contribution in [0.3, 0.4) is 0 Å². The lowest BCUT2D eigenvalue weighted by molar-refractivity contribution is -0.410. The van der Waals surface area contributed by atoms with Crippen molar-refractivity contribution >= 4 is 0 Å². The van der Waals surface area contributed by atoms with Gasteiger partial charge >= 0.3 is 0 Å². The summed E-state index contributed by atoms with van der Waals surface area (Å²) < 4.78 is 0. The predicted molar refractivity (Wildman–Crippen MR) is 41.9 cm³/mol. The molecule has 0 radical (unpaired) electrons. The molecule has 0 amide bonds. The van der Waals surface area contributed by atoms with E-state index in [-0.39, 0.29) is 0 Å². The molecule has 3 nitrogen and oxygen atoms in total. The smallest absolute Gasteiger partial charge is 0.129 e. The summed E-state index contributed by atoms with van der Waals surface area (Å²) in [5.41, 5.74) is 3.38. The lowest BCUT2D eigenvalue weighted by atomic mass is 9.75. The molecule has 3 heteroatoms. The fourth-order valence-corrected chi connectivity index (χ4v) is 2.43. The Morgan fingerprint density at radius 1 is 1.45 bits per heavy atom. The number of piperidine rings is 3. The number of aliphatic hydroxyl groups is 1. The largest absolute Gasteiger partial charge is 0.382 e. The van der Waals surface area contributed by atoms with Gasteiger partial charge in [-0.2, -0.15) is 0 Å². The molecule has 2 bridgehead atoms. The molecule has 0 aromatic heterocycles. The summed E-state index contributed by atoms with van der Waals surface area (Å²) in [4.78, 5) is 2.35. The first-order valence-corrected chi connectivity index (χ1v) is 4.48. The van der Waals surface area contributed by atoms with Gasteiger partial charge in [0.15, 0.2) is 0 Å². The van der Waals surface area contributed by atoms with Crippen LogP contribution in [0.5, 0.6) is 0 Å². The van der Waals surface area contributed by atoms with Gasteiger partial charge in [0.1, 0.15) is 12.1 Å². The van der Waals surface area contributed by atoms with Crippen LogP contribution in [-0.2, 0) is 0 Å². The van der Waals surface area contributed by atoms with E-state index in [9.17, 15) is 5.11 Å². The van der Waals surface area contributed by atoms with E-state index in [2.05, 4.69) is 10.6 Å². The molecular formula is C8H17N2O+. The lowest BCUT2D eigenvalue weighted by Crippen LogP contribution is -2.71. The number of quaternary nitrogens is 1. The first-order valence-electron chi connectivity index (χ1n) is 4.48. The second kappa shape index (κ2) is 2.44. The van der Waals surface area contributed by atoms with Crippen LogP contribution in [0.1, 0.15) is 12.8 Å². The highest BCUT2D eigenvalue weighted by molar-refractivity contribution is 4.97. The molecule has 0 spiro atoms. The Kier molecular flexibility index (Phi) is 1.67. The van der Waals surface area contributed by atoms with E-state index in [1.807, 2.05) is 0 Å². The van der Waals surface area contributed by atoms with Crippen molar-refractivity contribution in [1.29, 1.82) is 0 Å². The first-order chi connectivity index (χ1) is 5.24. The molecule has 0 saturated carbocycles. The third-order valence-electron chi connectivity index (χ3n) is 3.28. The molecule has 0 aromatic rings. The van der Waals surface area contributed by atoms with Gasteiger partial charge in [-0.25, -0.2) is 0 Å². The van der Waals surface area contributed by atoms with Gasteiger partial charge in [-0.05, 0) is 31.8 Å². The molecule has 0 aliphatic carbocycles. The Bertz CT molecular complexity index is 154. The van der Waals surface area contributed by atoms with Gasteiger partial charge in [0.05, 0.1) is 0 Å². The van der Waals surface area contributed by atoms with Gasteiger partial charge < -0.3 is 15.7 Å².